The summed E-state index contributed by atoms with van der Waals surface area (Å²) in [5.74, 6) is 0.394. The van der Waals surface area contributed by atoms with Crippen molar-refractivity contribution < 1.29 is 4.79 Å². The van der Waals surface area contributed by atoms with Crippen molar-refractivity contribution >= 4 is 28.5 Å². The standard InChI is InChI=1S/C9H18INO/c1-3-5-8(2)9(12)11-7-4-6-10/h8H,3-7H2,1-2H3,(H,11,12). The molecule has 0 saturated heterocycles. The van der Waals surface area contributed by atoms with Crippen LogP contribution in [-0.2, 0) is 4.79 Å². The van der Waals surface area contributed by atoms with E-state index in [0.717, 1.165) is 30.2 Å². The number of carbonyl (C=O) groups is 1. The lowest BCUT2D eigenvalue weighted by Gasteiger charge is -2.09. The molecule has 0 saturated carbocycles. The summed E-state index contributed by atoms with van der Waals surface area (Å²) in [4.78, 5) is 11.3. The first-order chi connectivity index (χ1) is 5.72. The van der Waals surface area contributed by atoms with Gasteiger partial charge in [0.15, 0.2) is 0 Å². The zero-order valence-electron chi connectivity index (χ0n) is 7.90. The molecule has 0 heterocycles. The van der Waals surface area contributed by atoms with Crippen molar-refractivity contribution in [2.24, 2.45) is 5.92 Å². The van der Waals surface area contributed by atoms with E-state index in [1.54, 1.807) is 0 Å². The maximum Gasteiger partial charge on any atom is 0.222 e. The third kappa shape index (κ3) is 5.80. The summed E-state index contributed by atoms with van der Waals surface area (Å²) in [5, 5.41) is 2.92. The third-order valence-corrected chi connectivity index (χ3v) is 2.54. The molecule has 0 spiro atoms. The average molecular weight is 283 g/mol. The molecule has 3 heteroatoms. The van der Waals surface area contributed by atoms with Crippen LogP contribution in [0, 0.1) is 5.92 Å². The third-order valence-electron chi connectivity index (χ3n) is 1.78. The van der Waals surface area contributed by atoms with Gasteiger partial charge >= 0.3 is 0 Å². The van der Waals surface area contributed by atoms with Gasteiger partial charge in [0.2, 0.25) is 5.91 Å². The van der Waals surface area contributed by atoms with Gasteiger partial charge in [0.1, 0.15) is 0 Å². The van der Waals surface area contributed by atoms with Crippen molar-refractivity contribution in [2.75, 3.05) is 11.0 Å². The molecule has 0 aromatic rings. The Labute approximate surface area is 88.6 Å². The molecule has 2 nitrogen and oxygen atoms in total. The molecule has 0 aliphatic heterocycles. The molecule has 1 unspecified atom stereocenters. The van der Waals surface area contributed by atoms with Crippen molar-refractivity contribution in [2.45, 2.75) is 33.1 Å². The van der Waals surface area contributed by atoms with E-state index in [4.69, 9.17) is 0 Å². The lowest BCUT2D eigenvalue weighted by atomic mass is 10.1. The van der Waals surface area contributed by atoms with Crippen LogP contribution in [0.3, 0.4) is 0 Å². The average Bonchev–Trinajstić information content (AvgIpc) is 2.05. The molecule has 72 valence electrons. The van der Waals surface area contributed by atoms with E-state index in [9.17, 15) is 4.79 Å². The van der Waals surface area contributed by atoms with Gasteiger partial charge in [0, 0.05) is 16.9 Å². The van der Waals surface area contributed by atoms with Gasteiger partial charge in [-0.3, -0.25) is 4.79 Å². The highest BCUT2D eigenvalue weighted by Crippen LogP contribution is 2.04. The summed E-state index contributed by atoms with van der Waals surface area (Å²) < 4.78 is 1.11. The fourth-order valence-corrected chi connectivity index (χ4v) is 1.40. The fourth-order valence-electron chi connectivity index (χ4n) is 1.02. The summed E-state index contributed by atoms with van der Waals surface area (Å²) in [5.41, 5.74) is 0. The normalized spacial score (nSPS) is 12.6. The van der Waals surface area contributed by atoms with E-state index in [1.165, 1.54) is 0 Å². The largest absolute Gasteiger partial charge is 0.356 e. The molecule has 0 fully saturated rings. The zero-order chi connectivity index (χ0) is 9.40. The van der Waals surface area contributed by atoms with Crippen LogP contribution >= 0.6 is 22.6 Å². The highest BCUT2D eigenvalue weighted by Gasteiger charge is 2.09. The van der Waals surface area contributed by atoms with E-state index < -0.39 is 0 Å². The number of hydrogen-bond donors (Lipinski definition) is 1. The quantitative estimate of drug-likeness (QED) is 0.452. The van der Waals surface area contributed by atoms with Gasteiger partial charge in [0.05, 0.1) is 0 Å². The molecule has 0 aliphatic carbocycles. The van der Waals surface area contributed by atoms with Gasteiger partial charge in [0.25, 0.3) is 0 Å². The van der Waals surface area contributed by atoms with Crippen molar-refractivity contribution in [1.82, 2.24) is 5.32 Å². The van der Waals surface area contributed by atoms with Gasteiger partial charge in [-0.05, 0) is 12.8 Å². The Bertz CT molecular complexity index is 128. The SMILES string of the molecule is CCCC(C)C(=O)NCCCI. The number of nitrogens with one attached hydrogen (secondary N) is 1. The molecule has 0 aromatic carbocycles. The predicted octanol–water partition coefficient (Wildman–Crippen LogP) is 2.36. The van der Waals surface area contributed by atoms with Gasteiger partial charge < -0.3 is 5.32 Å². The number of hydrogen-bond acceptors (Lipinski definition) is 1. The highest BCUT2D eigenvalue weighted by atomic mass is 127. The predicted molar refractivity (Wildman–Crippen MR) is 60.6 cm³/mol. The molecule has 1 atom stereocenters. The zero-order valence-corrected chi connectivity index (χ0v) is 10.1. The van der Waals surface area contributed by atoms with Crippen LogP contribution in [0.15, 0.2) is 0 Å². The Hall–Kier alpha value is 0.200. The molecular formula is C9H18INO. The van der Waals surface area contributed by atoms with Gasteiger partial charge in [-0.25, -0.2) is 0 Å². The topological polar surface area (TPSA) is 29.1 Å². The number of amides is 1. The first kappa shape index (κ1) is 12.2. The first-order valence-electron chi connectivity index (χ1n) is 4.56. The molecule has 0 aliphatic rings. The number of alkyl halides is 1. The summed E-state index contributed by atoms with van der Waals surface area (Å²) in [6, 6.07) is 0. The van der Waals surface area contributed by atoms with Crippen LogP contribution in [0.4, 0.5) is 0 Å². The molecule has 0 rings (SSSR count). The number of rotatable bonds is 6. The summed E-state index contributed by atoms with van der Waals surface area (Å²) >= 11 is 2.32. The minimum Gasteiger partial charge on any atom is -0.356 e. The van der Waals surface area contributed by atoms with Crippen LogP contribution in [0.1, 0.15) is 33.1 Å². The lowest BCUT2D eigenvalue weighted by molar-refractivity contribution is -0.124. The van der Waals surface area contributed by atoms with E-state index in [0.29, 0.717) is 0 Å². The van der Waals surface area contributed by atoms with Crippen molar-refractivity contribution in [3.63, 3.8) is 0 Å². The van der Waals surface area contributed by atoms with Crippen molar-refractivity contribution in [3.05, 3.63) is 0 Å². The summed E-state index contributed by atoms with van der Waals surface area (Å²) in [6.45, 7) is 4.92. The Morgan fingerprint density at radius 3 is 2.75 bits per heavy atom. The van der Waals surface area contributed by atoms with Crippen molar-refractivity contribution in [1.29, 1.82) is 0 Å². The van der Waals surface area contributed by atoms with E-state index in [1.807, 2.05) is 6.92 Å². The van der Waals surface area contributed by atoms with Gasteiger partial charge in [-0.2, -0.15) is 0 Å². The Kier molecular flexibility index (Phi) is 7.96. The van der Waals surface area contributed by atoms with Gasteiger partial charge in [-0.15, -0.1) is 0 Å². The molecule has 1 N–H and O–H groups in total. The molecule has 1 amide bonds. The fraction of sp³-hybridized carbons (Fsp3) is 0.889. The number of halogens is 1. The maximum atomic E-state index is 11.3. The maximum absolute atomic E-state index is 11.3. The van der Waals surface area contributed by atoms with E-state index in [2.05, 4.69) is 34.8 Å². The van der Waals surface area contributed by atoms with Crippen LogP contribution in [-0.4, -0.2) is 16.9 Å². The second kappa shape index (κ2) is 7.83. The smallest absolute Gasteiger partial charge is 0.222 e. The summed E-state index contributed by atoms with van der Waals surface area (Å²) in [7, 11) is 0. The molecule has 12 heavy (non-hydrogen) atoms. The van der Waals surface area contributed by atoms with Crippen LogP contribution in [0.2, 0.25) is 0 Å². The second-order valence-corrected chi connectivity index (χ2v) is 4.10. The van der Waals surface area contributed by atoms with Crippen molar-refractivity contribution in [3.8, 4) is 0 Å². The molecule has 0 aromatic heterocycles. The Morgan fingerprint density at radius 2 is 2.25 bits per heavy atom. The van der Waals surface area contributed by atoms with E-state index in [-0.39, 0.29) is 11.8 Å². The van der Waals surface area contributed by atoms with Crippen LogP contribution in [0.25, 0.3) is 0 Å². The van der Waals surface area contributed by atoms with E-state index >= 15 is 0 Å². The first-order valence-corrected chi connectivity index (χ1v) is 6.08. The minimum absolute atomic E-state index is 0.184. The minimum atomic E-state index is 0.184. The lowest BCUT2D eigenvalue weighted by Crippen LogP contribution is -2.30. The second-order valence-electron chi connectivity index (χ2n) is 3.02. The molecule has 0 radical (unpaired) electrons. The van der Waals surface area contributed by atoms with Gasteiger partial charge in [-0.1, -0.05) is 42.9 Å². The Morgan fingerprint density at radius 1 is 1.58 bits per heavy atom. The van der Waals surface area contributed by atoms with Crippen LogP contribution in [0.5, 0.6) is 0 Å². The number of carbonyl (C=O) groups excluding carboxylic acids is 1. The van der Waals surface area contributed by atoms with Crippen LogP contribution < -0.4 is 5.32 Å². The Balaban J connectivity index is 3.43. The highest BCUT2D eigenvalue weighted by molar-refractivity contribution is 14.1. The summed E-state index contributed by atoms with van der Waals surface area (Å²) in [6.07, 6.45) is 3.15. The molecule has 0 bridgehead atoms. The monoisotopic (exact) mass is 283 g/mol. The molecular weight excluding hydrogens is 265 g/mol.